The van der Waals surface area contributed by atoms with Gasteiger partial charge in [0.25, 0.3) is 5.91 Å². The van der Waals surface area contributed by atoms with E-state index in [9.17, 15) is 9.18 Å². The first kappa shape index (κ1) is 17.6. The number of hydrogen-bond donors (Lipinski definition) is 1. The van der Waals surface area contributed by atoms with Crippen LogP contribution >= 0.6 is 0 Å². The Bertz CT molecular complexity index is 778. The van der Waals surface area contributed by atoms with E-state index in [-0.39, 0.29) is 23.3 Å². The Morgan fingerprint density at radius 2 is 2.12 bits per heavy atom. The number of carbonyl (C=O) groups is 1. The molecule has 1 aliphatic heterocycles. The minimum atomic E-state index is -0.285. The minimum absolute atomic E-state index is 0.0521. The van der Waals surface area contributed by atoms with Crippen molar-refractivity contribution in [2.24, 2.45) is 0 Å². The molecule has 2 aromatic rings. The van der Waals surface area contributed by atoms with Crippen LogP contribution in [0.3, 0.4) is 0 Å². The quantitative estimate of drug-likeness (QED) is 0.911. The van der Waals surface area contributed by atoms with E-state index >= 15 is 0 Å². The summed E-state index contributed by atoms with van der Waals surface area (Å²) >= 11 is 0. The summed E-state index contributed by atoms with van der Waals surface area (Å²) in [4.78, 5) is 15.0. The highest BCUT2D eigenvalue weighted by Gasteiger charge is 2.31. The minimum Gasteiger partial charge on any atom is -0.329 e. The van der Waals surface area contributed by atoms with E-state index in [1.807, 2.05) is 22.6 Å². The lowest BCUT2D eigenvalue weighted by atomic mass is 10.0. The third kappa shape index (κ3) is 3.44. The number of halogens is 1. The van der Waals surface area contributed by atoms with Crippen molar-refractivity contribution in [3.05, 3.63) is 53.1 Å². The second kappa shape index (κ2) is 6.59. The molecular formula is C19H25FN4O. The van der Waals surface area contributed by atoms with Gasteiger partial charge in [0.15, 0.2) is 0 Å². The summed E-state index contributed by atoms with van der Waals surface area (Å²) in [6.07, 6.45) is 1.65. The largest absolute Gasteiger partial charge is 0.329 e. The monoisotopic (exact) mass is 344 g/mol. The van der Waals surface area contributed by atoms with Crippen molar-refractivity contribution in [1.82, 2.24) is 20.0 Å². The maximum atomic E-state index is 13.6. The zero-order valence-corrected chi connectivity index (χ0v) is 15.2. The Morgan fingerprint density at radius 1 is 1.36 bits per heavy atom. The van der Waals surface area contributed by atoms with E-state index in [4.69, 9.17) is 0 Å². The number of hydrogen-bond acceptors (Lipinski definition) is 3. The molecule has 1 amide bonds. The zero-order chi connectivity index (χ0) is 18.2. The Kier molecular flexibility index (Phi) is 4.64. The average Bonchev–Trinajstić information content (AvgIpc) is 2.96. The molecule has 0 bridgehead atoms. The molecule has 1 aromatic carbocycles. The number of amides is 1. The van der Waals surface area contributed by atoms with E-state index in [2.05, 4.69) is 31.2 Å². The van der Waals surface area contributed by atoms with Crippen molar-refractivity contribution >= 4 is 5.91 Å². The number of nitrogens with one attached hydrogen (secondary N) is 1. The number of aromatic nitrogens is 2. The number of carbonyl (C=O) groups excluding carboxylic acids is 1. The Hall–Kier alpha value is -2.21. The van der Waals surface area contributed by atoms with Gasteiger partial charge in [-0.05, 0) is 45.4 Å². The van der Waals surface area contributed by atoms with Crippen LogP contribution in [-0.2, 0) is 5.54 Å². The molecule has 134 valence electrons. The highest BCUT2D eigenvalue weighted by atomic mass is 19.1. The summed E-state index contributed by atoms with van der Waals surface area (Å²) in [7, 11) is 0. The third-order valence-electron chi connectivity index (χ3n) is 4.61. The smallest absolute Gasteiger partial charge is 0.257 e. The van der Waals surface area contributed by atoms with Gasteiger partial charge >= 0.3 is 0 Å². The molecule has 0 aliphatic carbocycles. The van der Waals surface area contributed by atoms with Crippen molar-refractivity contribution in [1.29, 1.82) is 0 Å². The fourth-order valence-electron chi connectivity index (χ4n) is 3.41. The summed E-state index contributed by atoms with van der Waals surface area (Å²) in [6.45, 7) is 10.0. The number of nitrogens with zero attached hydrogens (tertiary/aromatic N) is 3. The van der Waals surface area contributed by atoms with E-state index in [0.717, 1.165) is 17.8 Å². The molecule has 1 N–H and O–H groups in total. The molecule has 1 saturated heterocycles. The molecule has 5 nitrogen and oxygen atoms in total. The molecule has 0 radical (unpaired) electrons. The highest BCUT2D eigenvalue weighted by molar-refractivity contribution is 5.95. The van der Waals surface area contributed by atoms with Gasteiger partial charge in [-0.1, -0.05) is 12.1 Å². The van der Waals surface area contributed by atoms with Crippen molar-refractivity contribution in [2.45, 2.75) is 39.3 Å². The van der Waals surface area contributed by atoms with Crippen LogP contribution in [0.2, 0.25) is 0 Å². The van der Waals surface area contributed by atoms with Gasteiger partial charge in [0.2, 0.25) is 0 Å². The Morgan fingerprint density at radius 3 is 2.76 bits per heavy atom. The van der Waals surface area contributed by atoms with E-state index in [1.54, 1.807) is 12.3 Å². The first-order valence-corrected chi connectivity index (χ1v) is 8.61. The summed E-state index contributed by atoms with van der Waals surface area (Å²) < 4.78 is 15.5. The van der Waals surface area contributed by atoms with Gasteiger partial charge in [-0.25, -0.2) is 4.39 Å². The zero-order valence-electron chi connectivity index (χ0n) is 15.2. The topological polar surface area (TPSA) is 50.2 Å². The van der Waals surface area contributed by atoms with Gasteiger partial charge in [0, 0.05) is 25.3 Å². The molecule has 1 unspecified atom stereocenters. The van der Waals surface area contributed by atoms with Crippen molar-refractivity contribution in [3.63, 3.8) is 0 Å². The molecule has 1 aromatic heterocycles. The van der Waals surface area contributed by atoms with Crippen molar-refractivity contribution < 1.29 is 9.18 Å². The summed E-state index contributed by atoms with van der Waals surface area (Å²) in [5, 5.41) is 7.70. The molecule has 1 atom stereocenters. The lowest BCUT2D eigenvalue weighted by Crippen LogP contribution is -2.48. The van der Waals surface area contributed by atoms with Crippen LogP contribution in [0, 0.1) is 12.7 Å². The lowest BCUT2D eigenvalue weighted by molar-refractivity contribution is 0.0633. The van der Waals surface area contributed by atoms with Crippen LogP contribution in [0.1, 0.15) is 48.4 Å². The number of benzene rings is 1. The number of rotatable bonds is 2. The first-order chi connectivity index (χ1) is 11.8. The van der Waals surface area contributed by atoms with Crippen LogP contribution < -0.4 is 5.32 Å². The van der Waals surface area contributed by atoms with Gasteiger partial charge in [-0.2, -0.15) is 5.10 Å². The van der Waals surface area contributed by atoms with Gasteiger partial charge in [0.05, 0.1) is 23.3 Å². The molecule has 0 spiro atoms. The molecule has 3 rings (SSSR count). The van der Waals surface area contributed by atoms with E-state index in [0.29, 0.717) is 18.7 Å². The molecule has 0 saturated carbocycles. The second-order valence-corrected chi connectivity index (χ2v) is 7.50. The van der Waals surface area contributed by atoms with Gasteiger partial charge in [-0.3, -0.25) is 9.48 Å². The first-order valence-electron chi connectivity index (χ1n) is 8.61. The SMILES string of the molecule is Cc1c(C(=O)N2CCNCC2c2cccc(F)c2)cnn1C(C)(C)C. The predicted octanol–water partition coefficient (Wildman–Crippen LogP) is 2.87. The fraction of sp³-hybridized carbons (Fsp3) is 0.474. The Balaban J connectivity index is 1.93. The summed E-state index contributed by atoms with van der Waals surface area (Å²) in [5.41, 5.74) is 2.09. The molecule has 1 fully saturated rings. The second-order valence-electron chi connectivity index (χ2n) is 7.50. The Labute approximate surface area is 147 Å². The van der Waals surface area contributed by atoms with E-state index in [1.165, 1.54) is 12.1 Å². The maximum Gasteiger partial charge on any atom is 0.257 e. The molecule has 6 heteroatoms. The van der Waals surface area contributed by atoms with Crippen LogP contribution in [0.25, 0.3) is 0 Å². The molecule has 1 aliphatic rings. The van der Waals surface area contributed by atoms with Crippen LogP contribution in [0.4, 0.5) is 4.39 Å². The predicted molar refractivity (Wildman–Crippen MR) is 95.0 cm³/mol. The van der Waals surface area contributed by atoms with Gasteiger partial charge < -0.3 is 10.2 Å². The number of piperazine rings is 1. The van der Waals surface area contributed by atoms with Gasteiger partial charge in [0.1, 0.15) is 5.82 Å². The lowest BCUT2D eigenvalue weighted by Gasteiger charge is -2.36. The van der Waals surface area contributed by atoms with Crippen molar-refractivity contribution in [3.8, 4) is 0 Å². The van der Waals surface area contributed by atoms with Crippen LogP contribution in [0.5, 0.6) is 0 Å². The van der Waals surface area contributed by atoms with E-state index < -0.39 is 0 Å². The summed E-state index contributed by atoms with van der Waals surface area (Å²) in [6, 6.07) is 6.29. The normalized spacial score (nSPS) is 18.4. The third-order valence-corrected chi connectivity index (χ3v) is 4.61. The highest BCUT2D eigenvalue weighted by Crippen LogP contribution is 2.26. The molecule has 2 heterocycles. The van der Waals surface area contributed by atoms with Crippen LogP contribution in [-0.4, -0.2) is 40.2 Å². The maximum absolute atomic E-state index is 13.6. The average molecular weight is 344 g/mol. The van der Waals surface area contributed by atoms with Crippen molar-refractivity contribution in [2.75, 3.05) is 19.6 Å². The standard InChI is InChI=1S/C19H25FN4O/c1-13-16(11-22-24(13)19(2,3)4)18(25)23-9-8-21-12-17(23)14-6-5-7-15(20)10-14/h5-7,10-11,17,21H,8-9,12H2,1-4H3. The molecular weight excluding hydrogens is 319 g/mol. The van der Waals surface area contributed by atoms with Gasteiger partial charge in [-0.15, -0.1) is 0 Å². The van der Waals surface area contributed by atoms with Crippen LogP contribution in [0.15, 0.2) is 30.5 Å². The summed E-state index contributed by atoms with van der Waals surface area (Å²) in [5.74, 6) is -0.337. The molecule has 25 heavy (non-hydrogen) atoms. The fourth-order valence-corrected chi connectivity index (χ4v) is 3.41.